The van der Waals surface area contributed by atoms with Gasteiger partial charge >= 0.3 is 6.18 Å². The highest BCUT2D eigenvalue weighted by Gasteiger charge is 2.30. The summed E-state index contributed by atoms with van der Waals surface area (Å²) in [6.45, 7) is 0.0475. The lowest BCUT2D eigenvalue weighted by Crippen LogP contribution is -2.29. The molecule has 0 fully saturated rings. The Morgan fingerprint density at radius 1 is 1.04 bits per heavy atom. The topological polar surface area (TPSA) is 41.1 Å². The van der Waals surface area contributed by atoms with Crippen LogP contribution in [0.15, 0.2) is 48.5 Å². The maximum absolute atomic E-state index is 12.7. The molecule has 0 bridgehead atoms. The van der Waals surface area contributed by atoms with E-state index in [1.54, 1.807) is 0 Å². The summed E-state index contributed by atoms with van der Waals surface area (Å²) in [6.07, 6.45) is -4.43. The Morgan fingerprint density at radius 3 is 2.39 bits per heavy atom. The lowest BCUT2D eigenvalue weighted by Gasteiger charge is -2.11. The number of carbonyl (C=O) groups is 1. The molecule has 0 aliphatic rings. The molecule has 0 unspecified atom stereocenters. The van der Waals surface area contributed by atoms with Gasteiger partial charge in [0.1, 0.15) is 5.82 Å². The molecule has 7 heteroatoms. The number of anilines is 1. The van der Waals surface area contributed by atoms with Crippen LogP contribution >= 0.6 is 0 Å². The lowest BCUT2D eigenvalue weighted by molar-refractivity contribution is -0.137. The van der Waals surface area contributed by atoms with Gasteiger partial charge in [0, 0.05) is 12.2 Å². The Hall–Kier alpha value is -2.57. The van der Waals surface area contributed by atoms with Crippen LogP contribution in [0.2, 0.25) is 0 Å². The minimum atomic E-state index is -4.43. The molecule has 0 atom stereocenters. The minimum absolute atomic E-state index is 0.164. The number of halogens is 4. The van der Waals surface area contributed by atoms with Crippen LogP contribution in [0, 0.1) is 5.82 Å². The van der Waals surface area contributed by atoms with Gasteiger partial charge in [0.15, 0.2) is 0 Å². The number of amides is 1. The van der Waals surface area contributed by atoms with E-state index in [9.17, 15) is 22.4 Å². The number of carbonyl (C=O) groups excluding carboxylic acids is 1. The van der Waals surface area contributed by atoms with Crippen molar-refractivity contribution in [1.29, 1.82) is 0 Å². The van der Waals surface area contributed by atoms with Gasteiger partial charge in [-0.25, -0.2) is 4.39 Å². The quantitative estimate of drug-likeness (QED) is 0.825. The van der Waals surface area contributed by atoms with Gasteiger partial charge in [-0.15, -0.1) is 0 Å². The second-order valence-electron chi connectivity index (χ2n) is 4.84. The smallest absolute Gasteiger partial charge is 0.376 e. The molecule has 0 aliphatic carbocycles. The third-order valence-corrected chi connectivity index (χ3v) is 3.05. The SMILES string of the molecule is O=C(CNc1cccc(C(F)(F)F)c1)NCc1ccc(F)cc1. The molecule has 3 nitrogen and oxygen atoms in total. The number of alkyl halides is 3. The van der Waals surface area contributed by atoms with E-state index < -0.39 is 11.7 Å². The summed E-state index contributed by atoms with van der Waals surface area (Å²) in [5.41, 5.74) is 0.143. The molecule has 0 aliphatic heterocycles. The zero-order valence-electron chi connectivity index (χ0n) is 12.0. The molecule has 2 aromatic rings. The first-order chi connectivity index (χ1) is 10.8. The van der Waals surface area contributed by atoms with Gasteiger partial charge in [-0.3, -0.25) is 4.79 Å². The molecule has 0 heterocycles. The fourth-order valence-corrected chi connectivity index (χ4v) is 1.85. The number of hydrogen-bond acceptors (Lipinski definition) is 2. The third-order valence-electron chi connectivity index (χ3n) is 3.05. The Labute approximate surface area is 130 Å². The molecule has 23 heavy (non-hydrogen) atoms. The molecule has 0 radical (unpaired) electrons. The molecule has 0 aromatic heterocycles. The van der Waals surface area contributed by atoms with E-state index in [1.807, 2.05) is 0 Å². The summed E-state index contributed by atoms with van der Waals surface area (Å²) in [5, 5.41) is 5.22. The highest BCUT2D eigenvalue weighted by molar-refractivity contribution is 5.80. The fraction of sp³-hybridized carbons (Fsp3) is 0.188. The summed E-state index contributed by atoms with van der Waals surface area (Å²) in [7, 11) is 0. The maximum atomic E-state index is 12.7. The van der Waals surface area contributed by atoms with Crippen molar-refractivity contribution >= 4 is 11.6 Å². The van der Waals surface area contributed by atoms with Crippen LogP contribution in [-0.4, -0.2) is 12.5 Å². The minimum Gasteiger partial charge on any atom is -0.376 e. The van der Waals surface area contributed by atoms with Crippen LogP contribution in [0.3, 0.4) is 0 Å². The Morgan fingerprint density at radius 2 is 1.74 bits per heavy atom. The molecule has 0 saturated carbocycles. The Kier molecular flexibility index (Phi) is 5.20. The first-order valence-corrected chi connectivity index (χ1v) is 6.77. The van der Waals surface area contributed by atoms with Gasteiger partial charge in [-0.2, -0.15) is 13.2 Å². The van der Waals surface area contributed by atoms with Crippen molar-refractivity contribution in [3.8, 4) is 0 Å². The van der Waals surface area contributed by atoms with Crippen molar-refractivity contribution in [1.82, 2.24) is 5.32 Å². The van der Waals surface area contributed by atoms with E-state index in [-0.39, 0.29) is 30.5 Å². The number of nitrogens with one attached hydrogen (secondary N) is 2. The number of hydrogen-bond donors (Lipinski definition) is 2. The summed E-state index contributed by atoms with van der Waals surface area (Å²) in [4.78, 5) is 11.7. The van der Waals surface area contributed by atoms with Gasteiger partial charge in [0.05, 0.1) is 12.1 Å². The second-order valence-corrected chi connectivity index (χ2v) is 4.84. The van der Waals surface area contributed by atoms with Crippen LogP contribution in [0.4, 0.5) is 23.2 Å². The molecule has 1 amide bonds. The molecular formula is C16H14F4N2O. The van der Waals surface area contributed by atoms with Crippen molar-refractivity contribution in [3.05, 3.63) is 65.5 Å². The predicted molar refractivity (Wildman–Crippen MR) is 78.2 cm³/mol. The van der Waals surface area contributed by atoms with Gasteiger partial charge in [-0.05, 0) is 35.9 Å². The van der Waals surface area contributed by atoms with E-state index in [1.165, 1.54) is 36.4 Å². The van der Waals surface area contributed by atoms with E-state index in [4.69, 9.17) is 0 Å². The molecular weight excluding hydrogens is 312 g/mol. The molecule has 0 saturated heterocycles. The summed E-state index contributed by atoms with van der Waals surface area (Å²) in [5.74, 6) is -0.752. The molecule has 0 spiro atoms. The van der Waals surface area contributed by atoms with E-state index in [2.05, 4.69) is 10.6 Å². The Bertz CT molecular complexity index is 669. The van der Waals surface area contributed by atoms with Crippen molar-refractivity contribution in [2.24, 2.45) is 0 Å². The van der Waals surface area contributed by atoms with Crippen LogP contribution in [0.25, 0.3) is 0 Å². The zero-order chi connectivity index (χ0) is 16.9. The molecule has 2 rings (SSSR count). The van der Waals surface area contributed by atoms with Crippen molar-refractivity contribution in [3.63, 3.8) is 0 Å². The molecule has 2 aromatic carbocycles. The zero-order valence-corrected chi connectivity index (χ0v) is 12.0. The van der Waals surface area contributed by atoms with Gasteiger partial charge < -0.3 is 10.6 Å². The Balaban J connectivity index is 1.83. The summed E-state index contributed by atoms with van der Waals surface area (Å²) < 4.78 is 50.4. The highest BCUT2D eigenvalue weighted by Crippen LogP contribution is 2.30. The van der Waals surface area contributed by atoms with Gasteiger partial charge in [0.2, 0.25) is 5.91 Å². The molecule has 122 valence electrons. The standard InChI is InChI=1S/C16H14F4N2O/c17-13-6-4-11(5-7-13)9-22-15(23)10-21-14-3-1-2-12(8-14)16(18,19)20/h1-8,21H,9-10H2,(H,22,23). The van der Waals surface area contributed by atoms with Crippen LogP contribution in [0.1, 0.15) is 11.1 Å². The predicted octanol–water partition coefficient (Wildman–Crippen LogP) is 3.57. The largest absolute Gasteiger partial charge is 0.416 e. The van der Waals surface area contributed by atoms with Crippen molar-refractivity contribution < 1.29 is 22.4 Å². The van der Waals surface area contributed by atoms with E-state index in [0.717, 1.165) is 17.7 Å². The average molecular weight is 326 g/mol. The summed E-state index contributed by atoms with van der Waals surface area (Å²) in [6, 6.07) is 10.2. The van der Waals surface area contributed by atoms with Crippen LogP contribution in [0.5, 0.6) is 0 Å². The second kappa shape index (κ2) is 7.13. The van der Waals surface area contributed by atoms with Crippen molar-refractivity contribution in [2.45, 2.75) is 12.7 Å². The number of rotatable bonds is 5. The van der Waals surface area contributed by atoms with Crippen LogP contribution < -0.4 is 10.6 Å². The molecule has 2 N–H and O–H groups in total. The lowest BCUT2D eigenvalue weighted by atomic mass is 10.2. The normalized spacial score (nSPS) is 11.1. The first kappa shape index (κ1) is 16.8. The fourth-order valence-electron chi connectivity index (χ4n) is 1.85. The average Bonchev–Trinajstić information content (AvgIpc) is 2.52. The van der Waals surface area contributed by atoms with Gasteiger partial charge in [0.25, 0.3) is 0 Å². The monoisotopic (exact) mass is 326 g/mol. The highest BCUT2D eigenvalue weighted by atomic mass is 19.4. The van der Waals surface area contributed by atoms with Crippen LogP contribution in [-0.2, 0) is 17.5 Å². The van der Waals surface area contributed by atoms with Gasteiger partial charge in [-0.1, -0.05) is 18.2 Å². The first-order valence-electron chi connectivity index (χ1n) is 6.77. The summed E-state index contributed by atoms with van der Waals surface area (Å²) >= 11 is 0. The van der Waals surface area contributed by atoms with Crippen molar-refractivity contribution in [2.75, 3.05) is 11.9 Å². The van der Waals surface area contributed by atoms with E-state index in [0.29, 0.717) is 0 Å². The third kappa shape index (κ3) is 5.28. The number of benzene rings is 2. The maximum Gasteiger partial charge on any atom is 0.416 e. The van der Waals surface area contributed by atoms with E-state index >= 15 is 0 Å².